The second kappa shape index (κ2) is 10.5. The highest BCUT2D eigenvalue weighted by Gasteiger charge is 2.21. The minimum Gasteiger partial charge on any atom is -0.497 e. The van der Waals surface area contributed by atoms with E-state index < -0.39 is 0 Å². The zero-order valence-corrected chi connectivity index (χ0v) is 20.8. The molecule has 4 aromatic rings. The third-order valence-corrected chi connectivity index (χ3v) is 5.94. The molecule has 0 amide bonds. The minimum absolute atomic E-state index is 0.0283. The second-order valence-corrected chi connectivity index (χ2v) is 8.52. The molecule has 0 fully saturated rings. The number of nitrogens with zero attached hydrogens (tertiary/aromatic N) is 5. The molecule has 11 heteroatoms. The topological polar surface area (TPSA) is 65.3 Å². The van der Waals surface area contributed by atoms with Gasteiger partial charge in [-0.3, -0.25) is 0 Å². The summed E-state index contributed by atoms with van der Waals surface area (Å²) in [5.41, 5.74) is 3.08. The smallest absolute Gasteiger partial charge is 0.225 e. The number of ether oxygens (including phenoxy) is 2. The number of hydrogen-bond donors (Lipinski definition) is 0. The van der Waals surface area contributed by atoms with E-state index in [1.54, 1.807) is 38.5 Å². The third-order valence-electron chi connectivity index (χ3n) is 5.11. The Morgan fingerprint density at radius 2 is 1.79 bits per heavy atom. The number of benzene rings is 2. The van der Waals surface area contributed by atoms with Gasteiger partial charge in [-0.2, -0.15) is 14.2 Å². The molecule has 0 bridgehead atoms. The molecule has 0 aliphatic heterocycles. The van der Waals surface area contributed by atoms with E-state index in [-0.39, 0.29) is 17.6 Å². The Morgan fingerprint density at radius 3 is 2.47 bits per heavy atom. The fourth-order valence-electron chi connectivity index (χ4n) is 3.45. The molecule has 0 saturated carbocycles. The molecule has 4 rings (SSSR count). The first-order valence-corrected chi connectivity index (χ1v) is 11.5. The molecular weight excluding hydrogens is 500 g/mol. The van der Waals surface area contributed by atoms with E-state index in [0.717, 1.165) is 15.2 Å². The van der Waals surface area contributed by atoms with Crippen molar-refractivity contribution in [2.24, 2.45) is 0 Å². The van der Waals surface area contributed by atoms with Crippen molar-refractivity contribution >= 4 is 64.5 Å². The summed E-state index contributed by atoms with van der Waals surface area (Å²) in [4.78, 5) is 10.6. The van der Waals surface area contributed by atoms with Gasteiger partial charge in [-0.1, -0.05) is 29.8 Å². The zero-order chi connectivity index (χ0) is 24.2. The van der Waals surface area contributed by atoms with Crippen LogP contribution in [0.25, 0.3) is 23.2 Å². The van der Waals surface area contributed by atoms with Crippen LogP contribution >= 0.6 is 35.5 Å². The van der Waals surface area contributed by atoms with Gasteiger partial charge in [0.2, 0.25) is 5.28 Å². The molecule has 34 heavy (non-hydrogen) atoms. The van der Waals surface area contributed by atoms with Crippen LogP contribution in [-0.2, 0) is 6.54 Å². The van der Waals surface area contributed by atoms with Gasteiger partial charge in [-0.05, 0) is 47.5 Å². The van der Waals surface area contributed by atoms with Crippen LogP contribution in [0.4, 0.5) is 9.70 Å². The molecule has 0 aliphatic rings. The van der Waals surface area contributed by atoms with Crippen molar-refractivity contribution in [3.05, 3.63) is 69.6 Å². The van der Waals surface area contributed by atoms with Crippen LogP contribution in [0.5, 0.6) is 11.5 Å². The highest BCUT2D eigenvalue weighted by atomic mass is 35.5. The van der Waals surface area contributed by atoms with E-state index in [2.05, 4.69) is 15.1 Å². The first kappa shape index (κ1) is 24.1. The van der Waals surface area contributed by atoms with Gasteiger partial charge in [0.25, 0.3) is 0 Å². The van der Waals surface area contributed by atoms with E-state index in [1.165, 1.54) is 0 Å². The SMILES string of the molecule is COc1ccc(CN(C)c2nc(Cl)nc3c(/C=C/c4ccc(Cl)cc4)n(SF)nc23)c(OC)c1. The van der Waals surface area contributed by atoms with Crippen LogP contribution in [0, 0.1) is 0 Å². The van der Waals surface area contributed by atoms with Gasteiger partial charge < -0.3 is 14.4 Å². The molecule has 2 aromatic carbocycles. The molecule has 7 nitrogen and oxygen atoms in total. The fourth-order valence-corrected chi connectivity index (χ4v) is 4.07. The Hall–Kier alpha value is -3.01. The summed E-state index contributed by atoms with van der Waals surface area (Å²) in [6, 6.07) is 12.8. The van der Waals surface area contributed by atoms with Crippen LogP contribution in [-0.4, -0.2) is 40.4 Å². The number of rotatable bonds is 8. The summed E-state index contributed by atoms with van der Waals surface area (Å²) in [5.74, 6) is 1.81. The maximum atomic E-state index is 13.8. The molecule has 0 spiro atoms. The first-order chi connectivity index (χ1) is 16.4. The van der Waals surface area contributed by atoms with E-state index >= 15 is 0 Å². The van der Waals surface area contributed by atoms with Crippen LogP contribution in [0.3, 0.4) is 0 Å². The number of methoxy groups -OCH3 is 2. The molecule has 0 N–H and O–H groups in total. The van der Waals surface area contributed by atoms with Gasteiger partial charge in [0.1, 0.15) is 22.7 Å². The molecular formula is C23H20Cl2FN5O2S. The van der Waals surface area contributed by atoms with E-state index in [4.69, 9.17) is 32.7 Å². The van der Waals surface area contributed by atoms with Gasteiger partial charge in [0.05, 0.1) is 14.2 Å². The van der Waals surface area contributed by atoms with Gasteiger partial charge in [-0.15, -0.1) is 3.89 Å². The lowest BCUT2D eigenvalue weighted by Crippen LogP contribution is -2.19. The van der Waals surface area contributed by atoms with Gasteiger partial charge in [-0.25, -0.2) is 4.98 Å². The number of halogens is 3. The standard InChI is InChI=1S/C23H20Cl2FN5O2S/c1-30(13-15-7-10-17(32-2)12-19(15)33-3)22-21-20(27-23(25)28-22)18(31(29-21)34-26)11-6-14-4-8-16(24)9-5-14/h4-12H,13H2,1-3H3/b11-6+. The van der Waals surface area contributed by atoms with E-state index in [1.807, 2.05) is 42.3 Å². The van der Waals surface area contributed by atoms with E-state index in [9.17, 15) is 3.89 Å². The summed E-state index contributed by atoms with van der Waals surface area (Å²) in [6.07, 6.45) is 3.55. The Balaban J connectivity index is 1.73. The van der Waals surface area contributed by atoms with Crippen molar-refractivity contribution in [2.75, 3.05) is 26.2 Å². The summed E-state index contributed by atoms with van der Waals surface area (Å²) < 4.78 is 25.7. The predicted octanol–water partition coefficient (Wildman–Crippen LogP) is 6.34. The lowest BCUT2D eigenvalue weighted by atomic mass is 10.1. The normalized spacial score (nSPS) is 11.4. The molecule has 2 heterocycles. The van der Waals surface area contributed by atoms with Crippen molar-refractivity contribution < 1.29 is 13.4 Å². The Bertz CT molecular complexity index is 1350. The Morgan fingerprint density at radius 1 is 1.03 bits per heavy atom. The lowest BCUT2D eigenvalue weighted by Gasteiger charge is -2.20. The zero-order valence-electron chi connectivity index (χ0n) is 18.5. The monoisotopic (exact) mass is 519 g/mol. The Labute approximate surface area is 210 Å². The predicted molar refractivity (Wildman–Crippen MR) is 136 cm³/mol. The first-order valence-electron chi connectivity index (χ1n) is 10.0. The summed E-state index contributed by atoms with van der Waals surface area (Å²) in [6.45, 7) is 0.432. The Kier molecular flexibility index (Phi) is 7.45. The molecule has 0 aliphatic carbocycles. The highest BCUT2D eigenvalue weighted by molar-refractivity contribution is 7.92. The molecule has 0 unspecified atom stereocenters. The molecule has 0 atom stereocenters. The molecule has 2 aromatic heterocycles. The fraction of sp³-hybridized carbons (Fsp3) is 0.174. The van der Waals surface area contributed by atoms with Gasteiger partial charge in [0.15, 0.2) is 23.7 Å². The minimum atomic E-state index is -0.0309. The lowest BCUT2D eigenvalue weighted by molar-refractivity contribution is 0.391. The van der Waals surface area contributed by atoms with Crippen molar-refractivity contribution in [1.82, 2.24) is 19.2 Å². The van der Waals surface area contributed by atoms with E-state index in [0.29, 0.717) is 45.6 Å². The van der Waals surface area contributed by atoms with Gasteiger partial charge >= 0.3 is 0 Å². The van der Waals surface area contributed by atoms with Crippen LogP contribution in [0.1, 0.15) is 16.8 Å². The molecule has 176 valence electrons. The maximum Gasteiger partial charge on any atom is 0.225 e. The molecule has 0 radical (unpaired) electrons. The summed E-state index contributed by atoms with van der Waals surface area (Å²) >= 11 is 12.2. The number of aromatic nitrogens is 4. The largest absolute Gasteiger partial charge is 0.497 e. The second-order valence-electron chi connectivity index (χ2n) is 7.26. The van der Waals surface area contributed by atoms with Gasteiger partial charge in [0, 0.05) is 30.2 Å². The summed E-state index contributed by atoms with van der Waals surface area (Å²) in [7, 11) is 5.03. The van der Waals surface area contributed by atoms with Crippen LogP contribution in [0.2, 0.25) is 10.3 Å². The average Bonchev–Trinajstić information content (AvgIpc) is 3.20. The summed E-state index contributed by atoms with van der Waals surface area (Å²) in [5, 5.41) is 5.05. The number of hydrogen-bond acceptors (Lipinski definition) is 7. The maximum absolute atomic E-state index is 13.8. The van der Waals surface area contributed by atoms with Crippen LogP contribution < -0.4 is 14.4 Å². The van der Waals surface area contributed by atoms with Crippen LogP contribution in [0.15, 0.2) is 42.5 Å². The van der Waals surface area contributed by atoms with Crippen molar-refractivity contribution in [2.45, 2.75) is 6.54 Å². The highest BCUT2D eigenvalue weighted by Crippen LogP contribution is 2.32. The van der Waals surface area contributed by atoms with Crippen molar-refractivity contribution in [1.29, 1.82) is 0 Å². The third kappa shape index (κ3) is 5.06. The number of anilines is 1. The average molecular weight is 520 g/mol. The van der Waals surface area contributed by atoms with Crippen molar-refractivity contribution in [3.8, 4) is 11.5 Å². The molecule has 0 saturated heterocycles. The quantitative estimate of drug-likeness (QED) is 0.251. The van der Waals surface area contributed by atoms with Crippen molar-refractivity contribution in [3.63, 3.8) is 0 Å². The number of fused-ring (bicyclic) bond motifs is 1.